The van der Waals surface area contributed by atoms with Crippen molar-refractivity contribution < 1.29 is 9.53 Å². The molecule has 0 unspecified atom stereocenters. The van der Waals surface area contributed by atoms with Gasteiger partial charge < -0.3 is 15.0 Å². The topological polar surface area (TPSA) is 72.3 Å². The number of piperidine rings is 1. The molecule has 0 aliphatic carbocycles. The molecule has 0 radical (unpaired) electrons. The quantitative estimate of drug-likeness (QED) is 0.909. The Morgan fingerprint density at radius 1 is 1.33 bits per heavy atom. The van der Waals surface area contributed by atoms with E-state index >= 15 is 0 Å². The van der Waals surface area contributed by atoms with Gasteiger partial charge in [-0.25, -0.2) is 9.78 Å². The van der Waals surface area contributed by atoms with Crippen molar-refractivity contribution in [2.24, 2.45) is 5.92 Å². The number of urea groups is 1. The van der Waals surface area contributed by atoms with Crippen LogP contribution in [0.4, 0.5) is 4.79 Å². The summed E-state index contributed by atoms with van der Waals surface area (Å²) in [6, 6.07) is 7.44. The fraction of sp³-hybridized carbons (Fsp3) is 0.471. The third-order valence-electron chi connectivity index (χ3n) is 4.32. The molecule has 1 N–H and O–H groups in total. The molecule has 1 aliphatic rings. The standard InChI is InChI=1S/C17H23N5O2/c1-24-16-5-2-4-15(20-16)12-18-17(23)21-10-6-14(7-11-21)13-22-9-3-8-19-22/h2-5,8-9,14H,6-7,10-13H2,1H3,(H,18,23). The zero-order valence-electron chi connectivity index (χ0n) is 13.9. The van der Waals surface area contributed by atoms with Gasteiger partial charge in [-0.1, -0.05) is 6.07 Å². The van der Waals surface area contributed by atoms with Crippen molar-refractivity contribution in [3.05, 3.63) is 42.4 Å². The maximum atomic E-state index is 12.3. The van der Waals surface area contributed by atoms with E-state index in [1.165, 1.54) is 0 Å². The highest BCUT2D eigenvalue weighted by atomic mass is 16.5. The third kappa shape index (κ3) is 4.24. The maximum absolute atomic E-state index is 12.3. The Hall–Kier alpha value is -2.57. The zero-order valence-corrected chi connectivity index (χ0v) is 13.9. The molecule has 24 heavy (non-hydrogen) atoms. The van der Waals surface area contributed by atoms with E-state index in [2.05, 4.69) is 15.4 Å². The predicted molar refractivity (Wildman–Crippen MR) is 89.5 cm³/mol. The van der Waals surface area contributed by atoms with Gasteiger partial charge in [0, 0.05) is 38.1 Å². The molecule has 0 aromatic carbocycles. The number of nitrogens with zero attached hydrogens (tertiary/aromatic N) is 4. The molecule has 0 bridgehead atoms. The van der Waals surface area contributed by atoms with Crippen LogP contribution in [-0.4, -0.2) is 45.9 Å². The van der Waals surface area contributed by atoms with E-state index in [9.17, 15) is 4.79 Å². The van der Waals surface area contributed by atoms with Gasteiger partial charge in [0.15, 0.2) is 0 Å². The van der Waals surface area contributed by atoms with Crippen LogP contribution in [0.15, 0.2) is 36.7 Å². The van der Waals surface area contributed by atoms with Crippen LogP contribution in [0.3, 0.4) is 0 Å². The molecule has 3 rings (SSSR count). The van der Waals surface area contributed by atoms with Crippen LogP contribution in [0.2, 0.25) is 0 Å². The molecule has 0 saturated carbocycles. The molecule has 7 heteroatoms. The molecular weight excluding hydrogens is 306 g/mol. The Bertz CT molecular complexity index is 651. The minimum absolute atomic E-state index is 0.0304. The van der Waals surface area contributed by atoms with Gasteiger partial charge in [0.2, 0.25) is 5.88 Å². The molecule has 1 saturated heterocycles. The summed E-state index contributed by atoms with van der Waals surface area (Å²) in [5.74, 6) is 1.13. The summed E-state index contributed by atoms with van der Waals surface area (Å²) in [6.07, 6.45) is 5.80. The minimum Gasteiger partial charge on any atom is -0.481 e. The van der Waals surface area contributed by atoms with Crippen molar-refractivity contribution in [3.63, 3.8) is 0 Å². The largest absolute Gasteiger partial charge is 0.481 e. The van der Waals surface area contributed by atoms with Gasteiger partial charge in [0.25, 0.3) is 0 Å². The predicted octanol–water partition coefficient (Wildman–Crippen LogP) is 1.91. The highest BCUT2D eigenvalue weighted by Gasteiger charge is 2.23. The van der Waals surface area contributed by atoms with Gasteiger partial charge in [-0.15, -0.1) is 0 Å². The number of methoxy groups -OCH3 is 1. The zero-order chi connectivity index (χ0) is 16.8. The lowest BCUT2D eigenvalue weighted by Gasteiger charge is -2.32. The summed E-state index contributed by atoms with van der Waals surface area (Å²) < 4.78 is 7.06. The van der Waals surface area contributed by atoms with Crippen LogP contribution in [0, 0.1) is 5.92 Å². The Morgan fingerprint density at radius 2 is 2.17 bits per heavy atom. The van der Waals surface area contributed by atoms with E-state index in [0.29, 0.717) is 18.3 Å². The first-order valence-electron chi connectivity index (χ1n) is 8.24. The van der Waals surface area contributed by atoms with Crippen molar-refractivity contribution in [2.75, 3.05) is 20.2 Å². The highest BCUT2D eigenvalue weighted by Crippen LogP contribution is 2.19. The fourth-order valence-corrected chi connectivity index (χ4v) is 2.94. The Labute approximate surface area is 141 Å². The number of rotatable bonds is 5. The fourth-order valence-electron chi connectivity index (χ4n) is 2.94. The molecule has 0 atom stereocenters. The summed E-state index contributed by atoms with van der Waals surface area (Å²) in [7, 11) is 1.58. The lowest BCUT2D eigenvalue weighted by atomic mass is 9.97. The molecule has 0 spiro atoms. The number of carbonyl (C=O) groups excluding carboxylic acids is 1. The number of pyridine rings is 1. The van der Waals surface area contributed by atoms with Crippen molar-refractivity contribution >= 4 is 6.03 Å². The maximum Gasteiger partial charge on any atom is 0.317 e. The number of carbonyl (C=O) groups is 1. The molecule has 2 amide bonds. The van der Waals surface area contributed by atoms with E-state index in [4.69, 9.17) is 4.74 Å². The third-order valence-corrected chi connectivity index (χ3v) is 4.32. The average Bonchev–Trinajstić information content (AvgIpc) is 3.13. The Balaban J connectivity index is 1.43. The van der Waals surface area contributed by atoms with Crippen LogP contribution >= 0.6 is 0 Å². The number of ether oxygens (including phenoxy) is 1. The van der Waals surface area contributed by atoms with E-state index < -0.39 is 0 Å². The summed E-state index contributed by atoms with van der Waals surface area (Å²) in [6.45, 7) is 2.89. The first-order chi connectivity index (χ1) is 11.7. The lowest BCUT2D eigenvalue weighted by molar-refractivity contribution is 0.164. The second-order valence-corrected chi connectivity index (χ2v) is 5.99. The molecular formula is C17H23N5O2. The molecule has 1 aliphatic heterocycles. The van der Waals surface area contributed by atoms with Gasteiger partial charge in [-0.3, -0.25) is 4.68 Å². The number of hydrogen-bond acceptors (Lipinski definition) is 4. The second kappa shape index (κ2) is 7.81. The van der Waals surface area contributed by atoms with Gasteiger partial charge in [-0.05, 0) is 30.9 Å². The van der Waals surface area contributed by atoms with Gasteiger partial charge in [-0.2, -0.15) is 5.10 Å². The van der Waals surface area contributed by atoms with Gasteiger partial charge in [0.1, 0.15) is 0 Å². The van der Waals surface area contributed by atoms with E-state index in [1.54, 1.807) is 19.4 Å². The molecule has 128 valence electrons. The van der Waals surface area contributed by atoms with E-state index in [-0.39, 0.29) is 6.03 Å². The summed E-state index contributed by atoms with van der Waals surface area (Å²) in [5.41, 5.74) is 0.788. The normalized spacial score (nSPS) is 15.3. The molecule has 7 nitrogen and oxygen atoms in total. The van der Waals surface area contributed by atoms with Crippen LogP contribution in [0.25, 0.3) is 0 Å². The summed E-state index contributed by atoms with van der Waals surface area (Å²) in [4.78, 5) is 18.5. The lowest BCUT2D eigenvalue weighted by Crippen LogP contribution is -2.44. The molecule has 3 heterocycles. The Kier molecular flexibility index (Phi) is 5.30. The van der Waals surface area contributed by atoms with Crippen molar-refractivity contribution in [1.82, 2.24) is 25.0 Å². The first-order valence-corrected chi connectivity index (χ1v) is 8.24. The minimum atomic E-state index is -0.0304. The van der Waals surface area contributed by atoms with Crippen LogP contribution in [0.1, 0.15) is 18.5 Å². The summed E-state index contributed by atoms with van der Waals surface area (Å²) >= 11 is 0. The number of hydrogen-bond donors (Lipinski definition) is 1. The average molecular weight is 329 g/mol. The molecule has 2 aromatic rings. The number of aromatic nitrogens is 3. The van der Waals surface area contributed by atoms with E-state index in [0.717, 1.165) is 38.2 Å². The monoisotopic (exact) mass is 329 g/mol. The van der Waals surface area contributed by atoms with Crippen LogP contribution < -0.4 is 10.1 Å². The van der Waals surface area contributed by atoms with Gasteiger partial charge in [0.05, 0.1) is 19.3 Å². The smallest absolute Gasteiger partial charge is 0.317 e. The van der Waals surface area contributed by atoms with Gasteiger partial charge >= 0.3 is 6.03 Å². The SMILES string of the molecule is COc1cccc(CNC(=O)N2CCC(Cn3cccn3)CC2)n1. The van der Waals surface area contributed by atoms with Crippen LogP contribution in [-0.2, 0) is 13.1 Å². The van der Waals surface area contributed by atoms with E-state index in [1.807, 2.05) is 34.0 Å². The second-order valence-electron chi connectivity index (χ2n) is 5.99. The molecule has 1 fully saturated rings. The number of amides is 2. The van der Waals surface area contributed by atoms with Crippen molar-refractivity contribution in [1.29, 1.82) is 0 Å². The number of likely N-dealkylation sites (tertiary alicyclic amines) is 1. The molecule has 2 aromatic heterocycles. The summed E-state index contributed by atoms with van der Waals surface area (Å²) in [5, 5.41) is 7.18. The van der Waals surface area contributed by atoms with Crippen LogP contribution in [0.5, 0.6) is 5.88 Å². The highest BCUT2D eigenvalue weighted by molar-refractivity contribution is 5.74. The Morgan fingerprint density at radius 3 is 2.88 bits per heavy atom. The number of nitrogens with one attached hydrogen (secondary N) is 1. The first kappa shape index (κ1) is 16.3. The van der Waals surface area contributed by atoms with Crippen molar-refractivity contribution in [2.45, 2.75) is 25.9 Å². The van der Waals surface area contributed by atoms with Crippen molar-refractivity contribution in [3.8, 4) is 5.88 Å².